The zero-order chi connectivity index (χ0) is 15.3. The van der Waals surface area contributed by atoms with Crippen LogP contribution in [-0.2, 0) is 4.79 Å². The van der Waals surface area contributed by atoms with Crippen molar-refractivity contribution in [2.75, 3.05) is 0 Å². The Morgan fingerprint density at radius 1 is 1.25 bits per heavy atom. The van der Waals surface area contributed by atoms with Crippen LogP contribution >= 0.6 is 0 Å². The Morgan fingerprint density at radius 3 is 2.25 bits per heavy atom. The molecule has 0 aliphatic heterocycles. The number of benzene rings is 1. The third kappa shape index (κ3) is 5.77. The Labute approximate surface area is 115 Å². The van der Waals surface area contributed by atoms with Crippen LogP contribution < -0.4 is 10.1 Å². The van der Waals surface area contributed by atoms with Crippen molar-refractivity contribution in [3.8, 4) is 5.75 Å². The van der Waals surface area contributed by atoms with Crippen molar-refractivity contribution < 1.29 is 22.7 Å². The van der Waals surface area contributed by atoms with Gasteiger partial charge in [-0.1, -0.05) is 17.7 Å². The lowest BCUT2D eigenvalue weighted by atomic mass is 10.1. The van der Waals surface area contributed by atoms with Gasteiger partial charge in [0.25, 0.3) is 0 Å². The summed E-state index contributed by atoms with van der Waals surface area (Å²) >= 11 is 0. The van der Waals surface area contributed by atoms with Crippen molar-refractivity contribution in [1.29, 1.82) is 0 Å². The number of carbonyl (C=O) groups excluding carboxylic acids is 1. The van der Waals surface area contributed by atoms with Gasteiger partial charge in [0.2, 0.25) is 5.91 Å². The van der Waals surface area contributed by atoms with Crippen molar-refractivity contribution in [2.45, 2.75) is 33.2 Å². The monoisotopic (exact) mass is 287 g/mol. The number of amides is 1. The number of hydrogen-bond donors (Lipinski definition) is 1. The van der Waals surface area contributed by atoms with Gasteiger partial charge in [-0.25, -0.2) is 0 Å². The summed E-state index contributed by atoms with van der Waals surface area (Å²) in [6, 6.07) is 5.08. The van der Waals surface area contributed by atoms with Crippen molar-refractivity contribution in [3.63, 3.8) is 0 Å². The van der Waals surface area contributed by atoms with E-state index in [1.807, 2.05) is 0 Å². The van der Waals surface area contributed by atoms with E-state index in [0.29, 0.717) is 5.56 Å². The molecular weight excluding hydrogens is 271 g/mol. The number of ether oxygens (including phenoxy) is 1. The normalized spacial score (nSPS) is 12.5. The molecule has 1 rings (SSSR count). The predicted molar refractivity (Wildman–Crippen MR) is 69.1 cm³/mol. The van der Waals surface area contributed by atoms with Gasteiger partial charge in [0.15, 0.2) is 0 Å². The van der Waals surface area contributed by atoms with E-state index < -0.39 is 6.36 Å². The summed E-state index contributed by atoms with van der Waals surface area (Å²) < 4.78 is 39.8. The number of allylic oxidation sites excluding steroid dienone is 1. The van der Waals surface area contributed by atoms with Crippen molar-refractivity contribution >= 4 is 5.91 Å². The highest BCUT2D eigenvalue weighted by molar-refractivity contribution is 5.88. The molecule has 1 unspecified atom stereocenters. The molecule has 0 spiro atoms. The summed E-state index contributed by atoms with van der Waals surface area (Å²) in [6.45, 7) is 5.34. The first kappa shape index (κ1) is 16.1. The Hall–Kier alpha value is -1.98. The molecule has 0 aliphatic rings. The van der Waals surface area contributed by atoms with Crippen molar-refractivity contribution in [3.05, 3.63) is 41.5 Å². The largest absolute Gasteiger partial charge is 0.573 e. The fraction of sp³-hybridized carbons (Fsp3) is 0.357. The fourth-order valence-corrected chi connectivity index (χ4v) is 1.56. The highest BCUT2D eigenvalue weighted by Gasteiger charge is 2.31. The zero-order valence-corrected chi connectivity index (χ0v) is 11.4. The van der Waals surface area contributed by atoms with Crippen LogP contribution in [-0.4, -0.2) is 12.3 Å². The third-order valence-electron chi connectivity index (χ3n) is 2.39. The van der Waals surface area contributed by atoms with Gasteiger partial charge in [0, 0.05) is 6.08 Å². The molecule has 0 fully saturated rings. The second-order valence-electron chi connectivity index (χ2n) is 4.57. The highest BCUT2D eigenvalue weighted by Crippen LogP contribution is 2.24. The average Bonchev–Trinajstić information content (AvgIpc) is 2.26. The van der Waals surface area contributed by atoms with Gasteiger partial charge < -0.3 is 10.1 Å². The van der Waals surface area contributed by atoms with E-state index in [1.165, 1.54) is 30.3 Å². The molecule has 3 nitrogen and oxygen atoms in total. The number of halogens is 3. The SMILES string of the molecule is CC(C)=CC(=O)NC(C)c1ccc(OC(F)(F)F)cc1. The van der Waals surface area contributed by atoms with E-state index in [1.54, 1.807) is 20.8 Å². The van der Waals surface area contributed by atoms with Crippen LogP contribution in [0.15, 0.2) is 35.9 Å². The van der Waals surface area contributed by atoms with Gasteiger partial charge in [0.05, 0.1) is 6.04 Å². The molecule has 1 aromatic rings. The molecule has 1 amide bonds. The van der Waals surface area contributed by atoms with E-state index in [2.05, 4.69) is 10.1 Å². The van der Waals surface area contributed by atoms with Gasteiger partial charge in [-0.05, 0) is 38.5 Å². The minimum absolute atomic E-state index is 0.242. The molecule has 6 heteroatoms. The topological polar surface area (TPSA) is 38.3 Å². The fourth-order valence-electron chi connectivity index (χ4n) is 1.56. The summed E-state index contributed by atoms with van der Waals surface area (Å²) in [5.41, 5.74) is 1.55. The summed E-state index contributed by atoms with van der Waals surface area (Å²) in [5, 5.41) is 2.72. The van der Waals surface area contributed by atoms with Crippen LogP contribution in [0.1, 0.15) is 32.4 Å². The Morgan fingerprint density at radius 2 is 1.80 bits per heavy atom. The van der Waals surface area contributed by atoms with Crippen LogP contribution in [0.5, 0.6) is 5.75 Å². The maximum atomic E-state index is 12.0. The molecule has 1 N–H and O–H groups in total. The minimum Gasteiger partial charge on any atom is -0.406 e. The zero-order valence-electron chi connectivity index (χ0n) is 11.4. The third-order valence-corrected chi connectivity index (χ3v) is 2.39. The summed E-state index contributed by atoms with van der Waals surface area (Å²) in [6.07, 6.45) is -3.25. The lowest BCUT2D eigenvalue weighted by Crippen LogP contribution is -2.25. The molecule has 0 radical (unpaired) electrons. The van der Waals surface area contributed by atoms with E-state index in [0.717, 1.165) is 5.57 Å². The maximum Gasteiger partial charge on any atom is 0.573 e. The van der Waals surface area contributed by atoms with Crippen molar-refractivity contribution in [1.82, 2.24) is 5.32 Å². The first-order valence-electron chi connectivity index (χ1n) is 5.98. The molecule has 1 atom stereocenters. The lowest BCUT2D eigenvalue weighted by molar-refractivity contribution is -0.274. The average molecular weight is 287 g/mol. The van der Waals surface area contributed by atoms with Gasteiger partial charge in [-0.15, -0.1) is 13.2 Å². The number of hydrogen-bond acceptors (Lipinski definition) is 2. The van der Waals surface area contributed by atoms with Crippen molar-refractivity contribution in [2.24, 2.45) is 0 Å². The van der Waals surface area contributed by atoms with Gasteiger partial charge in [-0.2, -0.15) is 0 Å². The Kier molecular flexibility index (Phi) is 5.19. The standard InChI is InChI=1S/C14H16F3NO2/c1-9(2)8-13(19)18-10(3)11-4-6-12(7-5-11)20-14(15,16)17/h4-8,10H,1-3H3,(H,18,19). The van der Waals surface area contributed by atoms with Crippen LogP contribution in [0, 0.1) is 0 Å². The first-order chi connectivity index (χ1) is 9.17. The molecule has 0 saturated heterocycles. The van der Waals surface area contributed by atoms with E-state index >= 15 is 0 Å². The van der Waals surface area contributed by atoms with Gasteiger partial charge >= 0.3 is 6.36 Å². The number of alkyl halides is 3. The van der Waals surface area contributed by atoms with Crippen LogP contribution in [0.4, 0.5) is 13.2 Å². The summed E-state index contributed by atoms with van der Waals surface area (Å²) in [7, 11) is 0. The minimum atomic E-state index is -4.70. The lowest BCUT2D eigenvalue weighted by Gasteiger charge is -2.14. The molecule has 0 aliphatic carbocycles. The second kappa shape index (κ2) is 6.45. The highest BCUT2D eigenvalue weighted by atomic mass is 19.4. The smallest absolute Gasteiger partial charge is 0.406 e. The first-order valence-corrected chi connectivity index (χ1v) is 5.98. The second-order valence-corrected chi connectivity index (χ2v) is 4.57. The van der Waals surface area contributed by atoms with E-state index in [-0.39, 0.29) is 17.7 Å². The Bertz CT molecular complexity index is 488. The quantitative estimate of drug-likeness (QED) is 0.857. The molecule has 20 heavy (non-hydrogen) atoms. The molecule has 110 valence electrons. The molecule has 0 aromatic heterocycles. The van der Waals surface area contributed by atoms with Gasteiger partial charge in [0.1, 0.15) is 5.75 Å². The number of rotatable bonds is 4. The number of nitrogens with one attached hydrogen (secondary N) is 1. The van der Waals surface area contributed by atoms with Crippen LogP contribution in [0.3, 0.4) is 0 Å². The molecule has 0 bridgehead atoms. The molecule has 1 aromatic carbocycles. The molecule has 0 heterocycles. The van der Waals surface area contributed by atoms with E-state index in [4.69, 9.17) is 0 Å². The van der Waals surface area contributed by atoms with Crippen LogP contribution in [0.25, 0.3) is 0 Å². The molecule has 0 saturated carbocycles. The summed E-state index contributed by atoms with van der Waals surface area (Å²) in [4.78, 5) is 11.5. The van der Waals surface area contributed by atoms with E-state index in [9.17, 15) is 18.0 Å². The predicted octanol–water partition coefficient (Wildman–Crippen LogP) is 3.73. The number of carbonyl (C=O) groups is 1. The maximum absolute atomic E-state index is 12.0. The van der Waals surface area contributed by atoms with Gasteiger partial charge in [-0.3, -0.25) is 4.79 Å². The van der Waals surface area contributed by atoms with Crippen LogP contribution in [0.2, 0.25) is 0 Å². The Balaban J connectivity index is 2.68. The summed E-state index contributed by atoms with van der Waals surface area (Å²) in [5.74, 6) is -0.530. The molecular formula is C14H16F3NO2.